The fourth-order valence-corrected chi connectivity index (χ4v) is 2.79. The van der Waals surface area contributed by atoms with Gasteiger partial charge in [0.2, 0.25) is 11.0 Å². The van der Waals surface area contributed by atoms with E-state index in [1.165, 1.54) is 11.3 Å². The van der Waals surface area contributed by atoms with Crippen LogP contribution in [-0.2, 0) is 4.79 Å². The zero-order chi connectivity index (χ0) is 17.5. The molecule has 0 bridgehead atoms. The Morgan fingerprint density at radius 3 is 2.50 bits per heavy atom. The summed E-state index contributed by atoms with van der Waals surface area (Å²) < 4.78 is 0. The van der Waals surface area contributed by atoms with E-state index < -0.39 is 6.04 Å². The third-order valence-corrected chi connectivity index (χ3v) is 4.14. The Morgan fingerprint density at radius 1 is 1.17 bits per heavy atom. The zero-order valence-electron chi connectivity index (χ0n) is 13.9. The van der Waals surface area contributed by atoms with Crippen LogP contribution in [-0.4, -0.2) is 34.7 Å². The molecule has 2 aromatic rings. The molecule has 1 aromatic heterocycles. The fraction of sp³-hybridized carbons (Fsp3) is 0.375. The number of urea groups is 1. The Balaban J connectivity index is 2.04. The van der Waals surface area contributed by atoms with Crippen molar-refractivity contribution < 1.29 is 9.59 Å². The van der Waals surface area contributed by atoms with Gasteiger partial charge in [-0.1, -0.05) is 55.5 Å². The number of amides is 3. The van der Waals surface area contributed by atoms with Crippen molar-refractivity contribution in [1.82, 2.24) is 20.8 Å². The first-order valence-electron chi connectivity index (χ1n) is 7.75. The summed E-state index contributed by atoms with van der Waals surface area (Å²) in [6.45, 7) is 6.05. The van der Waals surface area contributed by atoms with Crippen LogP contribution in [0.2, 0.25) is 0 Å². The van der Waals surface area contributed by atoms with Crippen LogP contribution < -0.4 is 16.0 Å². The van der Waals surface area contributed by atoms with Gasteiger partial charge in [-0.25, -0.2) is 4.79 Å². The number of hydrogen-bond donors (Lipinski definition) is 3. The van der Waals surface area contributed by atoms with Crippen LogP contribution in [0, 0.1) is 5.92 Å². The van der Waals surface area contributed by atoms with E-state index in [-0.39, 0.29) is 17.9 Å². The standard InChI is InChI=1S/C16H21N5O2S/c1-4-17-15(23)18-12(10(2)3)13(22)19-16-21-20-14(24-16)11-8-6-5-7-9-11/h5-10,12H,4H2,1-3H3,(H2,17,18,23)(H,19,21,22). The van der Waals surface area contributed by atoms with Gasteiger partial charge < -0.3 is 10.6 Å². The number of carbonyl (C=O) groups excluding carboxylic acids is 2. The normalized spacial score (nSPS) is 11.8. The molecule has 1 heterocycles. The average Bonchev–Trinajstić information content (AvgIpc) is 3.02. The van der Waals surface area contributed by atoms with Crippen molar-refractivity contribution in [3.8, 4) is 10.6 Å². The number of carbonyl (C=O) groups is 2. The topological polar surface area (TPSA) is 96.0 Å². The summed E-state index contributed by atoms with van der Waals surface area (Å²) in [5, 5.41) is 17.2. The highest BCUT2D eigenvalue weighted by Gasteiger charge is 2.25. The summed E-state index contributed by atoms with van der Waals surface area (Å²) in [6, 6.07) is 8.60. The summed E-state index contributed by atoms with van der Waals surface area (Å²) in [6.07, 6.45) is 0. The Kier molecular flexibility index (Phi) is 6.25. The van der Waals surface area contributed by atoms with Crippen molar-refractivity contribution in [2.45, 2.75) is 26.8 Å². The van der Waals surface area contributed by atoms with E-state index in [9.17, 15) is 9.59 Å². The second kappa shape index (κ2) is 8.39. The summed E-state index contributed by atoms with van der Waals surface area (Å²) in [5.74, 6) is -0.374. The van der Waals surface area contributed by atoms with Crippen molar-refractivity contribution in [3.63, 3.8) is 0 Å². The predicted octanol–water partition coefficient (Wildman–Crippen LogP) is 2.49. The van der Waals surface area contributed by atoms with Gasteiger partial charge in [-0.3, -0.25) is 10.1 Å². The monoisotopic (exact) mass is 347 g/mol. The van der Waals surface area contributed by atoms with Crippen LogP contribution in [0.15, 0.2) is 30.3 Å². The summed E-state index contributed by atoms with van der Waals surface area (Å²) in [4.78, 5) is 24.1. The highest BCUT2D eigenvalue weighted by molar-refractivity contribution is 7.18. The molecule has 2 rings (SSSR count). The van der Waals surface area contributed by atoms with Crippen molar-refractivity contribution in [2.24, 2.45) is 5.92 Å². The first kappa shape index (κ1) is 17.9. The largest absolute Gasteiger partial charge is 0.338 e. The number of nitrogens with one attached hydrogen (secondary N) is 3. The molecule has 1 atom stereocenters. The minimum absolute atomic E-state index is 0.0610. The maximum atomic E-state index is 12.4. The van der Waals surface area contributed by atoms with E-state index >= 15 is 0 Å². The fourth-order valence-electron chi connectivity index (χ4n) is 2.04. The Bertz CT molecular complexity index is 687. The highest BCUT2D eigenvalue weighted by Crippen LogP contribution is 2.26. The van der Waals surface area contributed by atoms with E-state index in [0.29, 0.717) is 11.7 Å². The lowest BCUT2D eigenvalue weighted by Gasteiger charge is -2.20. The number of hydrogen-bond acceptors (Lipinski definition) is 5. The van der Waals surface area contributed by atoms with Crippen LogP contribution in [0.25, 0.3) is 10.6 Å². The first-order valence-corrected chi connectivity index (χ1v) is 8.57. The summed E-state index contributed by atoms with van der Waals surface area (Å²) in [7, 11) is 0. The van der Waals surface area contributed by atoms with E-state index in [4.69, 9.17) is 0 Å². The molecule has 0 radical (unpaired) electrons. The van der Waals surface area contributed by atoms with E-state index in [2.05, 4.69) is 26.1 Å². The lowest BCUT2D eigenvalue weighted by atomic mass is 10.0. The number of benzene rings is 1. The molecule has 7 nitrogen and oxygen atoms in total. The van der Waals surface area contributed by atoms with Crippen LogP contribution >= 0.6 is 11.3 Å². The number of aromatic nitrogens is 2. The van der Waals surface area contributed by atoms with Crippen molar-refractivity contribution in [1.29, 1.82) is 0 Å². The SMILES string of the molecule is CCNC(=O)NC(C(=O)Nc1nnc(-c2ccccc2)s1)C(C)C. The van der Waals surface area contributed by atoms with Crippen LogP contribution in [0.5, 0.6) is 0 Å². The molecular weight excluding hydrogens is 326 g/mol. The Hall–Kier alpha value is -2.48. The molecule has 0 aliphatic carbocycles. The maximum absolute atomic E-state index is 12.4. The van der Waals surface area contributed by atoms with Gasteiger partial charge in [-0.05, 0) is 12.8 Å². The van der Waals surface area contributed by atoms with Crippen LogP contribution in [0.1, 0.15) is 20.8 Å². The predicted molar refractivity (Wildman–Crippen MR) is 94.8 cm³/mol. The number of nitrogens with zero attached hydrogens (tertiary/aromatic N) is 2. The molecule has 0 spiro atoms. The molecule has 1 unspecified atom stereocenters. The van der Waals surface area contributed by atoms with Crippen LogP contribution in [0.3, 0.4) is 0 Å². The van der Waals surface area contributed by atoms with Crippen LogP contribution in [0.4, 0.5) is 9.93 Å². The zero-order valence-corrected chi connectivity index (χ0v) is 14.7. The van der Waals surface area contributed by atoms with E-state index in [0.717, 1.165) is 10.6 Å². The summed E-state index contributed by atoms with van der Waals surface area (Å²) >= 11 is 1.29. The quantitative estimate of drug-likeness (QED) is 0.748. The third-order valence-electron chi connectivity index (χ3n) is 3.25. The van der Waals surface area contributed by atoms with Gasteiger partial charge in [-0.15, -0.1) is 10.2 Å². The van der Waals surface area contributed by atoms with Gasteiger partial charge in [0, 0.05) is 12.1 Å². The van der Waals surface area contributed by atoms with Gasteiger partial charge in [-0.2, -0.15) is 0 Å². The van der Waals surface area contributed by atoms with E-state index in [1.54, 1.807) is 0 Å². The molecule has 3 N–H and O–H groups in total. The summed E-state index contributed by atoms with van der Waals surface area (Å²) in [5.41, 5.74) is 0.941. The highest BCUT2D eigenvalue weighted by atomic mass is 32.1. The van der Waals surface area contributed by atoms with E-state index in [1.807, 2.05) is 51.1 Å². The smallest absolute Gasteiger partial charge is 0.315 e. The average molecular weight is 347 g/mol. The van der Waals surface area contributed by atoms with Gasteiger partial charge >= 0.3 is 6.03 Å². The molecule has 0 saturated carbocycles. The maximum Gasteiger partial charge on any atom is 0.315 e. The van der Waals surface area contributed by atoms with Gasteiger partial charge in [0.1, 0.15) is 11.0 Å². The molecule has 24 heavy (non-hydrogen) atoms. The minimum Gasteiger partial charge on any atom is -0.338 e. The lowest BCUT2D eigenvalue weighted by Crippen LogP contribution is -2.50. The van der Waals surface area contributed by atoms with Gasteiger partial charge in [0.25, 0.3) is 0 Å². The van der Waals surface area contributed by atoms with Crippen molar-refractivity contribution in [2.75, 3.05) is 11.9 Å². The number of rotatable bonds is 6. The Morgan fingerprint density at radius 2 is 1.88 bits per heavy atom. The molecular formula is C16H21N5O2S. The molecule has 128 valence electrons. The molecule has 0 aliphatic rings. The minimum atomic E-state index is -0.652. The van der Waals surface area contributed by atoms with Gasteiger partial charge in [0.05, 0.1) is 0 Å². The first-order chi connectivity index (χ1) is 11.5. The van der Waals surface area contributed by atoms with Crippen molar-refractivity contribution >= 4 is 28.4 Å². The molecule has 0 fully saturated rings. The third kappa shape index (κ3) is 4.76. The van der Waals surface area contributed by atoms with Gasteiger partial charge in [0.15, 0.2) is 0 Å². The number of anilines is 1. The second-order valence-corrected chi connectivity index (χ2v) is 6.47. The molecule has 0 saturated heterocycles. The molecule has 0 aliphatic heterocycles. The Labute approximate surface area is 144 Å². The molecule has 1 aromatic carbocycles. The van der Waals surface area contributed by atoms with Crippen molar-refractivity contribution in [3.05, 3.63) is 30.3 Å². The second-order valence-electron chi connectivity index (χ2n) is 5.49. The lowest BCUT2D eigenvalue weighted by molar-refractivity contribution is -0.118. The molecule has 8 heteroatoms. The molecule has 3 amide bonds.